The first kappa shape index (κ1) is 15.9. The van der Waals surface area contributed by atoms with Crippen LogP contribution in [0.2, 0.25) is 0 Å². The average molecular weight is 296 g/mol. The average Bonchev–Trinajstić information content (AvgIpc) is 3.11. The van der Waals surface area contributed by atoms with Crippen LogP contribution in [0.3, 0.4) is 0 Å². The summed E-state index contributed by atoms with van der Waals surface area (Å²) in [4.78, 5) is 11.9. The van der Waals surface area contributed by atoms with Gasteiger partial charge in [0.05, 0.1) is 0 Å². The van der Waals surface area contributed by atoms with E-state index in [1.54, 1.807) is 19.1 Å². The molecule has 2 N–H and O–H groups in total. The van der Waals surface area contributed by atoms with Crippen LogP contribution in [0.15, 0.2) is 24.3 Å². The SMILES string of the molecule is CCCNC(=O)c1cccc(CNC(C)C2CC2(F)F)c1. The van der Waals surface area contributed by atoms with Gasteiger partial charge in [-0.3, -0.25) is 4.79 Å². The van der Waals surface area contributed by atoms with E-state index in [4.69, 9.17) is 0 Å². The number of amides is 1. The topological polar surface area (TPSA) is 41.1 Å². The van der Waals surface area contributed by atoms with Crippen LogP contribution in [-0.2, 0) is 6.54 Å². The van der Waals surface area contributed by atoms with Crippen molar-refractivity contribution in [2.45, 2.75) is 45.2 Å². The Morgan fingerprint density at radius 1 is 1.48 bits per heavy atom. The number of nitrogens with one attached hydrogen (secondary N) is 2. The highest BCUT2D eigenvalue weighted by Gasteiger charge is 2.59. The largest absolute Gasteiger partial charge is 0.352 e. The van der Waals surface area contributed by atoms with Gasteiger partial charge in [-0.25, -0.2) is 8.78 Å². The molecule has 0 bridgehead atoms. The molecule has 116 valence electrons. The highest BCUT2D eigenvalue weighted by molar-refractivity contribution is 5.94. The van der Waals surface area contributed by atoms with Gasteiger partial charge in [-0.15, -0.1) is 0 Å². The molecule has 1 amide bonds. The molecular weight excluding hydrogens is 274 g/mol. The Hall–Kier alpha value is -1.49. The van der Waals surface area contributed by atoms with Gasteiger partial charge in [0.2, 0.25) is 0 Å². The number of alkyl halides is 2. The van der Waals surface area contributed by atoms with Crippen molar-refractivity contribution in [3.63, 3.8) is 0 Å². The summed E-state index contributed by atoms with van der Waals surface area (Å²) in [6.07, 6.45) is 0.862. The van der Waals surface area contributed by atoms with Crippen molar-refractivity contribution in [3.8, 4) is 0 Å². The van der Waals surface area contributed by atoms with Gasteiger partial charge in [0.15, 0.2) is 0 Å². The molecule has 5 heteroatoms. The molecule has 0 spiro atoms. The minimum atomic E-state index is -2.51. The lowest BCUT2D eigenvalue weighted by atomic mass is 10.1. The first-order valence-electron chi connectivity index (χ1n) is 7.42. The Balaban J connectivity index is 1.88. The first-order chi connectivity index (χ1) is 9.94. The van der Waals surface area contributed by atoms with Crippen molar-refractivity contribution in [3.05, 3.63) is 35.4 Å². The summed E-state index contributed by atoms with van der Waals surface area (Å²) < 4.78 is 25.9. The Labute approximate surface area is 124 Å². The van der Waals surface area contributed by atoms with E-state index in [0.29, 0.717) is 18.7 Å². The number of rotatable bonds is 7. The summed E-state index contributed by atoms with van der Waals surface area (Å²) >= 11 is 0. The summed E-state index contributed by atoms with van der Waals surface area (Å²) in [5.41, 5.74) is 1.53. The third kappa shape index (κ3) is 4.24. The maximum absolute atomic E-state index is 13.0. The van der Waals surface area contributed by atoms with Gasteiger partial charge in [-0.2, -0.15) is 0 Å². The normalized spacial score (nSPS) is 20.9. The summed E-state index contributed by atoms with van der Waals surface area (Å²) in [5, 5.41) is 5.94. The summed E-state index contributed by atoms with van der Waals surface area (Å²) in [6.45, 7) is 4.91. The van der Waals surface area contributed by atoms with E-state index < -0.39 is 11.8 Å². The molecule has 0 aliphatic heterocycles. The van der Waals surface area contributed by atoms with E-state index in [1.807, 2.05) is 19.1 Å². The molecule has 1 fully saturated rings. The second-order valence-corrected chi connectivity index (χ2v) is 5.70. The number of hydrogen-bond acceptors (Lipinski definition) is 2. The highest BCUT2D eigenvalue weighted by atomic mass is 19.3. The molecule has 0 heterocycles. The van der Waals surface area contributed by atoms with E-state index in [9.17, 15) is 13.6 Å². The molecule has 0 aromatic heterocycles. The first-order valence-corrected chi connectivity index (χ1v) is 7.42. The van der Waals surface area contributed by atoms with Crippen LogP contribution >= 0.6 is 0 Å². The monoisotopic (exact) mass is 296 g/mol. The van der Waals surface area contributed by atoms with Crippen LogP contribution in [0.5, 0.6) is 0 Å². The van der Waals surface area contributed by atoms with Crippen LogP contribution < -0.4 is 10.6 Å². The number of carbonyl (C=O) groups is 1. The fourth-order valence-corrected chi connectivity index (χ4v) is 2.36. The van der Waals surface area contributed by atoms with Crippen molar-refractivity contribution in [1.82, 2.24) is 10.6 Å². The zero-order valence-corrected chi connectivity index (χ0v) is 12.5. The van der Waals surface area contributed by atoms with Crippen LogP contribution in [0.25, 0.3) is 0 Å². The molecule has 1 aromatic rings. The minimum Gasteiger partial charge on any atom is -0.352 e. The minimum absolute atomic E-state index is 0.0272. The van der Waals surface area contributed by atoms with E-state index >= 15 is 0 Å². The van der Waals surface area contributed by atoms with Crippen molar-refractivity contribution in [2.75, 3.05) is 6.54 Å². The van der Waals surface area contributed by atoms with Gasteiger partial charge in [0.25, 0.3) is 11.8 Å². The molecule has 1 saturated carbocycles. The Bertz CT molecular complexity index is 505. The van der Waals surface area contributed by atoms with Crippen LogP contribution in [0, 0.1) is 5.92 Å². The van der Waals surface area contributed by atoms with Gasteiger partial charge >= 0.3 is 0 Å². The van der Waals surface area contributed by atoms with Gasteiger partial charge in [0, 0.05) is 37.0 Å². The van der Waals surface area contributed by atoms with Gasteiger partial charge in [-0.05, 0) is 31.0 Å². The van der Waals surface area contributed by atoms with Crippen LogP contribution in [-0.4, -0.2) is 24.4 Å². The van der Waals surface area contributed by atoms with E-state index in [0.717, 1.165) is 12.0 Å². The highest BCUT2D eigenvalue weighted by Crippen LogP contribution is 2.50. The molecule has 0 radical (unpaired) electrons. The Kier molecular flexibility index (Phi) is 4.93. The molecule has 3 nitrogen and oxygen atoms in total. The van der Waals surface area contributed by atoms with Crippen molar-refractivity contribution >= 4 is 5.91 Å². The molecule has 1 aliphatic rings. The summed E-state index contributed by atoms with van der Waals surface area (Å²) in [5.74, 6) is -3.16. The predicted octanol–water partition coefficient (Wildman–Crippen LogP) is 2.96. The molecular formula is C16H22F2N2O. The van der Waals surface area contributed by atoms with Gasteiger partial charge < -0.3 is 10.6 Å². The maximum atomic E-state index is 13.0. The molecule has 2 rings (SSSR count). The lowest BCUT2D eigenvalue weighted by Gasteiger charge is -2.13. The lowest BCUT2D eigenvalue weighted by molar-refractivity contribution is 0.0910. The molecule has 1 aliphatic carbocycles. The Morgan fingerprint density at radius 3 is 2.81 bits per heavy atom. The molecule has 1 aromatic carbocycles. The summed E-state index contributed by atoms with van der Waals surface area (Å²) in [7, 11) is 0. The number of halogens is 2. The number of hydrogen-bond donors (Lipinski definition) is 2. The van der Waals surface area contributed by atoms with E-state index in [-0.39, 0.29) is 18.4 Å². The van der Waals surface area contributed by atoms with Crippen molar-refractivity contribution in [1.29, 1.82) is 0 Å². The second-order valence-electron chi connectivity index (χ2n) is 5.70. The fourth-order valence-electron chi connectivity index (χ4n) is 2.36. The van der Waals surface area contributed by atoms with Crippen LogP contribution in [0.4, 0.5) is 8.78 Å². The van der Waals surface area contributed by atoms with Crippen molar-refractivity contribution < 1.29 is 13.6 Å². The molecule has 0 saturated heterocycles. The summed E-state index contributed by atoms with van der Waals surface area (Å²) in [6, 6.07) is 7.04. The molecule has 21 heavy (non-hydrogen) atoms. The van der Waals surface area contributed by atoms with Gasteiger partial charge in [-0.1, -0.05) is 19.1 Å². The van der Waals surface area contributed by atoms with Crippen LogP contribution in [0.1, 0.15) is 42.6 Å². The van der Waals surface area contributed by atoms with Gasteiger partial charge in [0.1, 0.15) is 0 Å². The molecule has 2 unspecified atom stereocenters. The quantitative estimate of drug-likeness (QED) is 0.812. The second kappa shape index (κ2) is 6.52. The predicted molar refractivity (Wildman–Crippen MR) is 78.4 cm³/mol. The smallest absolute Gasteiger partial charge is 0.253 e. The van der Waals surface area contributed by atoms with E-state index in [2.05, 4.69) is 10.6 Å². The fraction of sp³-hybridized carbons (Fsp3) is 0.562. The number of benzene rings is 1. The third-order valence-corrected chi connectivity index (χ3v) is 3.83. The van der Waals surface area contributed by atoms with E-state index in [1.165, 1.54) is 0 Å². The standard InChI is InChI=1S/C16H22F2N2O/c1-3-7-19-15(21)13-6-4-5-12(8-13)10-20-11(2)14-9-16(14,17)18/h4-6,8,11,14,20H,3,7,9-10H2,1-2H3,(H,19,21). The third-order valence-electron chi connectivity index (χ3n) is 3.83. The zero-order chi connectivity index (χ0) is 15.5. The van der Waals surface area contributed by atoms with Crippen molar-refractivity contribution in [2.24, 2.45) is 5.92 Å². The lowest BCUT2D eigenvalue weighted by Crippen LogP contribution is -2.29. The Morgan fingerprint density at radius 2 is 2.19 bits per heavy atom. The zero-order valence-electron chi connectivity index (χ0n) is 12.5. The number of carbonyl (C=O) groups excluding carboxylic acids is 1. The molecule has 2 atom stereocenters. The maximum Gasteiger partial charge on any atom is 0.253 e.